The Morgan fingerprint density at radius 1 is 1.15 bits per heavy atom. The Hall–Kier alpha value is -1.95. The average Bonchev–Trinajstić information content (AvgIpc) is 2.92. The summed E-state index contributed by atoms with van der Waals surface area (Å²) >= 11 is 1.54. The number of hydrogen-bond donors (Lipinski definition) is 0. The van der Waals surface area contributed by atoms with Crippen molar-refractivity contribution in [3.05, 3.63) is 41.2 Å². The standard InChI is InChI=1S/C21H32N4OS/c1-7-8-13-25-17(3)16(2)22-21(25)27-15-20(26)24(6)14-18-9-11-19(12-10-18)23(4)5/h9-12H,7-8,13-15H2,1-6H3. The van der Waals surface area contributed by atoms with Crippen molar-refractivity contribution in [2.75, 3.05) is 31.8 Å². The number of carbonyl (C=O) groups is 1. The van der Waals surface area contributed by atoms with E-state index in [1.54, 1.807) is 4.90 Å². The van der Waals surface area contributed by atoms with Crippen LogP contribution in [0.3, 0.4) is 0 Å². The molecule has 0 N–H and O–H groups in total. The maximum absolute atomic E-state index is 12.6. The fourth-order valence-electron chi connectivity index (χ4n) is 2.81. The van der Waals surface area contributed by atoms with E-state index in [1.807, 2.05) is 28.1 Å². The first-order valence-electron chi connectivity index (χ1n) is 9.50. The molecule has 6 heteroatoms. The first-order chi connectivity index (χ1) is 12.8. The van der Waals surface area contributed by atoms with Crippen LogP contribution in [0.25, 0.3) is 0 Å². The van der Waals surface area contributed by atoms with Crippen LogP contribution in [0.4, 0.5) is 5.69 Å². The monoisotopic (exact) mass is 388 g/mol. The Kier molecular flexibility index (Phi) is 7.78. The smallest absolute Gasteiger partial charge is 0.233 e. The normalized spacial score (nSPS) is 10.9. The van der Waals surface area contributed by atoms with E-state index in [9.17, 15) is 4.79 Å². The van der Waals surface area contributed by atoms with Gasteiger partial charge in [-0.25, -0.2) is 4.98 Å². The molecule has 0 spiro atoms. The van der Waals surface area contributed by atoms with Crippen molar-refractivity contribution in [2.45, 2.75) is 51.9 Å². The molecule has 0 aliphatic heterocycles. The number of nitrogens with zero attached hydrogens (tertiary/aromatic N) is 4. The van der Waals surface area contributed by atoms with Gasteiger partial charge in [-0.1, -0.05) is 37.2 Å². The zero-order valence-corrected chi connectivity index (χ0v) is 18.3. The van der Waals surface area contributed by atoms with Gasteiger partial charge in [-0.15, -0.1) is 0 Å². The molecule has 1 aromatic heterocycles. The number of amides is 1. The highest BCUT2D eigenvalue weighted by atomic mass is 32.2. The van der Waals surface area contributed by atoms with Crippen LogP contribution >= 0.6 is 11.8 Å². The van der Waals surface area contributed by atoms with Gasteiger partial charge in [-0.3, -0.25) is 4.79 Å². The van der Waals surface area contributed by atoms with Gasteiger partial charge < -0.3 is 14.4 Å². The lowest BCUT2D eigenvalue weighted by Crippen LogP contribution is -2.28. The zero-order chi connectivity index (χ0) is 20.0. The number of unbranched alkanes of at least 4 members (excludes halogenated alkanes) is 1. The van der Waals surface area contributed by atoms with E-state index in [1.165, 1.54) is 17.5 Å². The summed E-state index contributed by atoms with van der Waals surface area (Å²) in [6, 6.07) is 8.32. The summed E-state index contributed by atoms with van der Waals surface area (Å²) in [5, 5.41) is 0.954. The SMILES string of the molecule is CCCCn1c(SCC(=O)N(C)Cc2ccc(N(C)C)cc2)nc(C)c1C. The number of benzene rings is 1. The van der Waals surface area contributed by atoms with Crippen molar-refractivity contribution < 1.29 is 4.79 Å². The van der Waals surface area contributed by atoms with Crippen LogP contribution in [-0.4, -0.2) is 47.3 Å². The lowest BCUT2D eigenvalue weighted by Gasteiger charge is -2.18. The molecule has 1 aromatic carbocycles. The van der Waals surface area contributed by atoms with Crippen molar-refractivity contribution in [3.8, 4) is 0 Å². The largest absolute Gasteiger partial charge is 0.378 e. The lowest BCUT2D eigenvalue weighted by molar-refractivity contribution is -0.127. The highest BCUT2D eigenvalue weighted by molar-refractivity contribution is 7.99. The summed E-state index contributed by atoms with van der Waals surface area (Å²) in [6.45, 7) is 7.92. The van der Waals surface area contributed by atoms with Crippen LogP contribution < -0.4 is 4.90 Å². The van der Waals surface area contributed by atoms with E-state index in [0.717, 1.165) is 41.5 Å². The molecule has 2 rings (SSSR count). The maximum Gasteiger partial charge on any atom is 0.233 e. The summed E-state index contributed by atoms with van der Waals surface area (Å²) in [5.41, 5.74) is 4.55. The molecule has 0 radical (unpaired) electrons. The van der Waals surface area contributed by atoms with Gasteiger partial charge >= 0.3 is 0 Å². The number of aromatic nitrogens is 2. The highest BCUT2D eigenvalue weighted by Crippen LogP contribution is 2.22. The van der Waals surface area contributed by atoms with Crippen molar-refractivity contribution in [1.29, 1.82) is 0 Å². The molecule has 148 valence electrons. The second kappa shape index (κ2) is 9.83. The number of imidazole rings is 1. The van der Waals surface area contributed by atoms with Crippen LogP contribution in [0.15, 0.2) is 29.4 Å². The molecule has 0 unspecified atom stereocenters. The van der Waals surface area contributed by atoms with Crippen LogP contribution in [0.1, 0.15) is 36.7 Å². The van der Waals surface area contributed by atoms with Gasteiger partial charge in [0, 0.05) is 45.6 Å². The Bertz CT molecular complexity index is 752. The Labute approximate surface area is 167 Å². The van der Waals surface area contributed by atoms with Gasteiger partial charge in [0.1, 0.15) is 0 Å². The molecule has 0 fully saturated rings. The molecule has 1 heterocycles. The molecule has 0 atom stereocenters. The summed E-state index contributed by atoms with van der Waals surface area (Å²) in [7, 11) is 5.91. The number of carbonyl (C=O) groups excluding carboxylic acids is 1. The van der Waals surface area contributed by atoms with Crippen LogP contribution in [0.2, 0.25) is 0 Å². The Balaban J connectivity index is 1.94. The molecule has 5 nitrogen and oxygen atoms in total. The van der Waals surface area contributed by atoms with Crippen molar-refractivity contribution in [1.82, 2.24) is 14.5 Å². The minimum absolute atomic E-state index is 0.122. The van der Waals surface area contributed by atoms with Crippen LogP contribution in [-0.2, 0) is 17.9 Å². The van der Waals surface area contributed by atoms with Gasteiger partial charge in [0.2, 0.25) is 5.91 Å². The second-order valence-corrected chi connectivity index (χ2v) is 8.11. The molecule has 0 aliphatic rings. The van der Waals surface area contributed by atoms with E-state index < -0.39 is 0 Å². The summed E-state index contributed by atoms with van der Waals surface area (Å²) in [5.74, 6) is 0.533. The minimum atomic E-state index is 0.122. The van der Waals surface area contributed by atoms with Crippen LogP contribution in [0.5, 0.6) is 0 Å². The van der Waals surface area contributed by atoms with E-state index in [-0.39, 0.29) is 5.91 Å². The number of rotatable bonds is 9. The summed E-state index contributed by atoms with van der Waals surface area (Å²) < 4.78 is 2.25. The van der Waals surface area contributed by atoms with Gasteiger partial charge in [0.15, 0.2) is 5.16 Å². The highest BCUT2D eigenvalue weighted by Gasteiger charge is 2.15. The lowest BCUT2D eigenvalue weighted by atomic mass is 10.2. The summed E-state index contributed by atoms with van der Waals surface area (Å²) in [6.07, 6.45) is 2.27. The van der Waals surface area contributed by atoms with Crippen LogP contribution in [0, 0.1) is 13.8 Å². The summed E-state index contributed by atoms with van der Waals surface area (Å²) in [4.78, 5) is 21.1. The first kappa shape index (κ1) is 21.4. The molecule has 0 saturated carbocycles. The molecule has 0 bridgehead atoms. The van der Waals surface area contributed by atoms with E-state index in [4.69, 9.17) is 0 Å². The fourth-order valence-corrected chi connectivity index (χ4v) is 3.87. The molecular weight excluding hydrogens is 356 g/mol. The van der Waals surface area contributed by atoms with E-state index in [2.05, 4.69) is 52.6 Å². The number of hydrogen-bond acceptors (Lipinski definition) is 4. The topological polar surface area (TPSA) is 41.4 Å². The quantitative estimate of drug-likeness (QED) is 0.606. The van der Waals surface area contributed by atoms with Crippen molar-refractivity contribution >= 4 is 23.4 Å². The van der Waals surface area contributed by atoms with E-state index >= 15 is 0 Å². The number of anilines is 1. The molecule has 0 aliphatic carbocycles. The maximum atomic E-state index is 12.6. The molecule has 2 aromatic rings. The van der Waals surface area contributed by atoms with Crippen molar-refractivity contribution in [3.63, 3.8) is 0 Å². The van der Waals surface area contributed by atoms with Crippen molar-refractivity contribution in [2.24, 2.45) is 0 Å². The van der Waals surface area contributed by atoms with Gasteiger partial charge in [0.05, 0.1) is 11.4 Å². The van der Waals surface area contributed by atoms with E-state index in [0.29, 0.717) is 12.3 Å². The van der Waals surface area contributed by atoms with Gasteiger partial charge in [-0.2, -0.15) is 0 Å². The molecule has 1 amide bonds. The third kappa shape index (κ3) is 5.76. The third-order valence-electron chi connectivity index (χ3n) is 4.78. The molecule has 0 saturated heterocycles. The number of thioether (sulfide) groups is 1. The van der Waals surface area contributed by atoms with Gasteiger partial charge in [-0.05, 0) is 38.0 Å². The second-order valence-electron chi connectivity index (χ2n) is 7.17. The molecular formula is C21H32N4OS. The predicted octanol–water partition coefficient (Wildman–Crippen LogP) is 4.12. The zero-order valence-electron chi connectivity index (χ0n) is 17.5. The Morgan fingerprint density at radius 2 is 1.81 bits per heavy atom. The third-order valence-corrected chi connectivity index (χ3v) is 5.74. The van der Waals surface area contributed by atoms with Gasteiger partial charge in [0.25, 0.3) is 0 Å². The first-order valence-corrected chi connectivity index (χ1v) is 10.5. The predicted molar refractivity (Wildman–Crippen MR) is 115 cm³/mol. The number of aryl methyl sites for hydroxylation is 1. The molecule has 27 heavy (non-hydrogen) atoms. The minimum Gasteiger partial charge on any atom is -0.378 e. The Morgan fingerprint density at radius 3 is 2.41 bits per heavy atom. The average molecular weight is 389 g/mol. The fraction of sp³-hybridized carbons (Fsp3) is 0.524.